The van der Waals surface area contributed by atoms with Crippen molar-refractivity contribution in [2.24, 2.45) is 0 Å². The monoisotopic (exact) mass is 286 g/mol. The van der Waals surface area contributed by atoms with E-state index in [0.717, 1.165) is 54.2 Å². The molecule has 0 bridgehead atoms. The number of rotatable bonds is 4. The number of aromatic nitrogens is 3. The maximum absolute atomic E-state index is 4.64. The van der Waals surface area contributed by atoms with Crippen molar-refractivity contribution < 1.29 is 0 Å². The van der Waals surface area contributed by atoms with E-state index >= 15 is 0 Å². The maximum atomic E-state index is 4.64. The fraction of sp³-hybridized carbons (Fsp3) is 0.533. The summed E-state index contributed by atoms with van der Waals surface area (Å²) in [4.78, 5) is 13.8. The molecule has 1 saturated heterocycles. The van der Waals surface area contributed by atoms with Crippen molar-refractivity contribution in [1.29, 1.82) is 0 Å². The van der Waals surface area contributed by atoms with Crippen molar-refractivity contribution in [1.82, 2.24) is 20.3 Å². The second kappa shape index (κ2) is 5.81. The normalized spacial score (nSPS) is 18.1. The first kappa shape index (κ1) is 14.0. The van der Waals surface area contributed by atoms with Gasteiger partial charge >= 0.3 is 0 Å². The van der Waals surface area contributed by atoms with E-state index < -0.39 is 0 Å². The van der Waals surface area contributed by atoms with Crippen molar-refractivity contribution in [2.45, 2.75) is 33.2 Å². The van der Waals surface area contributed by atoms with Crippen LogP contribution in [0.2, 0.25) is 0 Å². The molecule has 0 spiro atoms. The molecule has 2 aromatic heterocycles. The molecule has 0 radical (unpaired) electrons. The van der Waals surface area contributed by atoms with Crippen molar-refractivity contribution >= 4 is 22.8 Å². The van der Waals surface area contributed by atoms with Gasteiger partial charge in [-0.2, -0.15) is 9.97 Å². The summed E-state index contributed by atoms with van der Waals surface area (Å²) < 4.78 is 0. The van der Waals surface area contributed by atoms with Gasteiger partial charge in [-0.3, -0.25) is 0 Å². The van der Waals surface area contributed by atoms with Gasteiger partial charge in [-0.15, -0.1) is 0 Å². The van der Waals surface area contributed by atoms with Gasteiger partial charge < -0.3 is 16.0 Å². The van der Waals surface area contributed by atoms with Crippen LogP contribution in [0.4, 0.5) is 11.8 Å². The van der Waals surface area contributed by atoms with Crippen LogP contribution in [-0.4, -0.2) is 40.6 Å². The topological polar surface area (TPSA) is 74.8 Å². The second-order valence-electron chi connectivity index (χ2n) is 5.54. The third kappa shape index (κ3) is 2.90. The Morgan fingerprint density at radius 1 is 1.29 bits per heavy atom. The molecule has 2 aromatic rings. The SMILES string of the molecule is CCNc1nc(NC2CCNC2)nc2nc(C)cc(C)c12. The van der Waals surface area contributed by atoms with Gasteiger partial charge in [0.15, 0.2) is 5.65 Å². The van der Waals surface area contributed by atoms with Crippen LogP contribution in [0.1, 0.15) is 24.6 Å². The lowest BCUT2D eigenvalue weighted by molar-refractivity contribution is 0.781. The molecule has 0 amide bonds. The predicted octanol–water partition coefficient (Wildman–Crippen LogP) is 1.85. The van der Waals surface area contributed by atoms with Gasteiger partial charge in [-0.25, -0.2) is 4.98 Å². The van der Waals surface area contributed by atoms with Crippen LogP contribution in [0, 0.1) is 13.8 Å². The zero-order valence-corrected chi connectivity index (χ0v) is 12.8. The van der Waals surface area contributed by atoms with Crippen LogP contribution in [-0.2, 0) is 0 Å². The molecule has 0 saturated carbocycles. The van der Waals surface area contributed by atoms with Gasteiger partial charge in [0.05, 0.1) is 5.39 Å². The Balaban J connectivity index is 2.05. The third-order valence-electron chi connectivity index (χ3n) is 3.73. The molecule has 6 heteroatoms. The Labute approximate surface area is 124 Å². The molecule has 1 unspecified atom stereocenters. The molecule has 1 aliphatic heterocycles. The zero-order valence-electron chi connectivity index (χ0n) is 12.8. The first-order valence-electron chi connectivity index (χ1n) is 7.54. The van der Waals surface area contributed by atoms with Crippen LogP contribution >= 0.6 is 0 Å². The first-order valence-corrected chi connectivity index (χ1v) is 7.54. The summed E-state index contributed by atoms with van der Waals surface area (Å²) >= 11 is 0. The Kier molecular flexibility index (Phi) is 3.88. The van der Waals surface area contributed by atoms with E-state index in [1.54, 1.807) is 0 Å². The van der Waals surface area contributed by atoms with Crippen molar-refractivity contribution in [3.05, 3.63) is 17.3 Å². The highest BCUT2D eigenvalue weighted by Gasteiger charge is 2.17. The molecule has 21 heavy (non-hydrogen) atoms. The van der Waals surface area contributed by atoms with Gasteiger partial charge in [0.2, 0.25) is 5.95 Å². The van der Waals surface area contributed by atoms with Crippen molar-refractivity contribution in [2.75, 3.05) is 30.3 Å². The van der Waals surface area contributed by atoms with Crippen molar-refractivity contribution in [3.8, 4) is 0 Å². The van der Waals surface area contributed by atoms with Gasteiger partial charge in [0.25, 0.3) is 0 Å². The van der Waals surface area contributed by atoms with E-state index in [9.17, 15) is 0 Å². The molecule has 112 valence electrons. The molecule has 0 aromatic carbocycles. The number of nitrogens with zero attached hydrogens (tertiary/aromatic N) is 3. The third-order valence-corrected chi connectivity index (χ3v) is 3.73. The Morgan fingerprint density at radius 2 is 2.14 bits per heavy atom. The van der Waals surface area contributed by atoms with Gasteiger partial charge in [0, 0.05) is 24.8 Å². The van der Waals surface area contributed by atoms with Crippen LogP contribution in [0.5, 0.6) is 0 Å². The first-order chi connectivity index (χ1) is 10.2. The molecule has 1 atom stereocenters. The lowest BCUT2D eigenvalue weighted by Crippen LogP contribution is -2.23. The highest BCUT2D eigenvalue weighted by molar-refractivity contribution is 5.90. The average Bonchev–Trinajstić information content (AvgIpc) is 2.90. The fourth-order valence-electron chi connectivity index (χ4n) is 2.80. The lowest BCUT2D eigenvalue weighted by Gasteiger charge is -2.15. The number of nitrogens with one attached hydrogen (secondary N) is 3. The van der Waals surface area contributed by atoms with E-state index in [2.05, 4.69) is 50.8 Å². The maximum Gasteiger partial charge on any atom is 0.226 e. The minimum Gasteiger partial charge on any atom is -0.370 e. The summed E-state index contributed by atoms with van der Waals surface area (Å²) in [5.74, 6) is 1.52. The fourth-order valence-corrected chi connectivity index (χ4v) is 2.80. The summed E-state index contributed by atoms with van der Waals surface area (Å²) in [6, 6.07) is 2.46. The average molecular weight is 286 g/mol. The van der Waals surface area contributed by atoms with Crippen LogP contribution in [0.3, 0.4) is 0 Å². The van der Waals surface area contributed by atoms with Crippen LogP contribution in [0.15, 0.2) is 6.07 Å². The quantitative estimate of drug-likeness (QED) is 0.796. The largest absolute Gasteiger partial charge is 0.370 e. The summed E-state index contributed by atoms with van der Waals surface area (Å²) in [5.41, 5.74) is 2.89. The molecule has 3 rings (SSSR count). The van der Waals surface area contributed by atoms with Crippen LogP contribution in [0.25, 0.3) is 11.0 Å². The number of anilines is 2. The van der Waals surface area contributed by atoms with E-state index in [1.165, 1.54) is 0 Å². The number of fused-ring (bicyclic) bond motifs is 1. The molecule has 6 nitrogen and oxygen atoms in total. The summed E-state index contributed by atoms with van der Waals surface area (Å²) in [5, 5.41) is 11.1. The zero-order chi connectivity index (χ0) is 14.8. The van der Waals surface area contributed by atoms with Gasteiger partial charge in [-0.1, -0.05) is 0 Å². The molecule has 1 fully saturated rings. The molecular formula is C15H22N6. The minimum absolute atomic E-state index is 0.392. The molecule has 0 aliphatic carbocycles. The van der Waals surface area contributed by atoms with Gasteiger partial charge in [0.1, 0.15) is 5.82 Å². The summed E-state index contributed by atoms with van der Waals surface area (Å²) in [7, 11) is 0. The van der Waals surface area contributed by atoms with Crippen molar-refractivity contribution in [3.63, 3.8) is 0 Å². The highest BCUT2D eigenvalue weighted by atomic mass is 15.2. The highest BCUT2D eigenvalue weighted by Crippen LogP contribution is 2.25. The number of aryl methyl sites for hydroxylation is 2. The molecule has 1 aliphatic rings. The number of hydrogen-bond donors (Lipinski definition) is 3. The van der Waals surface area contributed by atoms with E-state index in [1.807, 2.05) is 6.92 Å². The standard InChI is InChI=1S/C15H22N6/c1-4-17-13-12-9(2)7-10(3)18-14(12)21-15(20-13)19-11-5-6-16-8-11/h7,11,16H,4-6,8H2,1-3H3,(H2,17,18,19,20,21). The molecule has 3 N–H and O–H groups in total. The van der Waals surface area contributed by atoms with E-state index in [4.69, 9.17) is 0 Å². The number of hydrogen-bond acceptors (Lipinski definition) is 6. The van der Waals surface area contributed by atoms with Gasteiger partial charge in [-0.05, 0) is 45.4 Å². The summed E-state index contributed by atoms with van der Waals surface area (Å²) in [6.45, 7) is 8.97. The predicted molar refractivity (Wildman–Crippen MR) is 85.9 cm³/mol. The minimum atomic E-state index is 0.392. The Bertz CT molecular complexity index is 648. The summed E-state index contributed by atoms with van der Waals surface area (Å²) in [6.07, 6.45) is 1.10. The second-order valence-corrected chi connectivity index (χ2v) is 5.54. The molecular weight excluding hydrogens is 264 g/mol. The van der Waals surface area contributed by atoms with E-state index in [-0.39, 0.29) is 0 Å². The molecule has 3 heterocycles. The van der Waals surface area contributed by atoms with Crippen LogP contribution < -0.4 is 16.0 Å². The Hall–Kier alpha value is -1.95. The number of pyridine rings is 1. The smallest absolute Gasteiger partial charge is 0.226 e. The lowest BCUT2D eigenvalue weighted by atomic mass is 10.1. The Morgan fingerprint density at radius 3 is 2.86 bits per heavy atom. The van der Waals surface area contributed by atoms with E-state index in [0.29, 0.717) is 12.0 Å².